The van der Waals surface area contributed by atoms with Gasteiger partial charge >= 0.3 is 0 Å². The maximum Gasteiger partial charge on any atom is 0.0795 e. The first kappa shape index (κ1) is 17.6. The lowest BCUT2D eigenvalue weighted by atomic mass is 9.46. The minimum absolute atomic E-state index is 0.100. The van der Waals surface area contributed by atoms with Gasteiger partial charge in [0.15, 0.2) is 0 Å². The van der Waals surface area contributed by atoms with Crippen molar-refractivity contribution in [3.05, 3.63) is 11.6 Å². The van der Waals surface area contributed by atoms with E-state index in [-0.39, 0.29) is 5.41 Å². The number of nitrogens with zero attached hydrogens (tertiary/aromatic N) is 1. The van der Waals surface area contributed by atoms with E-state index in [0.717, 1.165) is 42.7 Å². The maximum absolute atomic E-state index is 11.2. The lowest BCUT2D eigenvalue weighted by Crippen LogP contribution is -2.57. The van der Waals surface area contributed by atoms with Crippen LogP contribution in [0, 0.1) is 35.0 Å². The summed E-state index contributed by atoms with van der Waals surface area (Å²) in [6.07, 6.45) is 13.0. The summed E-state index contributed by atoms with van der Waals surface area (Å²) >= 11 is 0. The summed E-state index contributed by atoms with van der Waals surface area (Å²) in [6.45, 7) is 6.46. The highest BCUT2D eigenvalue weighted by molar-refractivity contribution is 5.96. The summed E-state index contributed by atoms with van der Waals surface area (Å²) in [7, 11) is 0. The summed E-state index contributed by atoms with van der Waals surface area (Å²) in [5.74, 6) is 3.81. The van der Waals surface area contributed by atoms with E-state index in [2.05, 4.69) is 32.0 Å². The minimum atomic E-state index is -0.584. The Labute approximate surface area is 152 Å². The van der Waals surface area contributed by atoms with Crippen molar-refractivity contribution in [2.24, 2.45) is 40.2 Å². The van der Waals surface area contributed by atoms with E-state index in [4.69, 9.17) is 5.21 Å². The van der Waals surface area contributed by atoms with E-state index >= 15 is 0 Å². The van der Waals surface area contributed by atoms with Crippen molar-refractivity contribution in [3.8, 4) is 0 Å². The van der Waals surface area contributed by atoms with Crippen molar-refractivity contribution >= 4 is 5.71 Å². The second-order valence-corrected chi connectivity index (χ2v) is 9.79. The Bertz CT molecular complexity index is 583. The molecular formula is C22H35NO2. The fourth-order valence-corrected chi connectivity index (χ4v) is 7.23. The Kier molecular flexibility index (Phi) is 4.30. The van der Waals surface area contributed by atoms with E-state index in [1.54, 1.807) is 5.57 Å². The van der Waals surface area contributed by atoms with Crippen LogP contribution in [0.2, 0.25) is 0 Å². The fourth-order valence-electron chi connectivity index (χ4n) is 7.23. The molecule has 140 valence electrons. The van der Waals surface area contributed by atoms with Crippen LogP contribution in [0.25, 0.3) is 0 Å². The summed E-state index contributed by atoms with van der Waals surface area (Å²) in [6, 6.07) is 0. The largest absolute Gasteiger partial charge is 0.411 e. The van der Waals surface area contributed by atoms with Crippen molar-refractivity contribution in [3.63, 3.8) is 0 Å². The van der Waals surface area contributed by atoms with Gasteiger partial charge in [-0.15, -0.1) is 0 Å². The first-order valence-corrected chi connectivity index (χ1v) is 10.5. The molecule has 0 heterocycles. The molecule has 0 amide bonds. The summed E-state index contributed by atoms with van der Waals surface area (Å²) in [5.41, 5.74) is 1.93. The van der Waals surface area contributed by atoms with E-state index in [1.165, 1.54) is 38.5 Å². The average Bonchev–Trinajstić information content (AvgIpc) is 3.43. The standard InChI is InChI=1S/C22H35NO2/c1-4-22(21(2,3)24)12-11-18-17-10-8-16(23-25)13-15(17)7-9-19(18)20(22)14-5-6-14/h13-14,17-20,24-25H,4-12H2,1-3H3/b23-16+. The van der Waals surface area contributed by atoms with Gasteiger partial charge in [0.05, 0.1) is 11.3 Å². The Morgan fingerprint density at radius 1 is 1.12 bits per heavy atom. The molecule has 0 spiro atoms. The lowest BCUT2D eigenvalue weighted by Gasteiger charge is -2.60. The van der Waals surface area contributed by atoms with Crippen LogP contribution in [0.15, 0.2) is 16.8 Å². The number of hydrogen-bond donors (Lipinski definition) is 2. The predicted octanol–water partition coefficient (Wildman–Crippen LogP) is 5.17. The summed E-state index contributed by atoms with van der Waals surface area (Å²) in [4.78, 5) is 0. The topological polar surface area (TPSA) is 52.8 Å². The van der Waals surface area contributed by atoms with Gasteiger partial charge in [0, 0.05) is 5.41 Å². The molecule has 0 aromatic heterocycles. The number of hydrogen-bond acceptors (Lipinski definition) is 3. The number of rotatable bonds is 3. The van der Waals surface area contributed by atoms with Gasteiger partial charge in [-0.05, 0) is 107 Å². The Morgan fingerprint density at radius 2 is 1.88 bits per heavy atom. The summed E-state index contributed by atoms with van der Waals surface area (Å²) < 4.78 is 0. The third kappa shape index (κ3) is 2.69. The molecule has 2 N–H and O–H groups in total. The highest BCUT2D eigenvalue weighted by Gasteiger charge is 2.60. The molecule has 0 saturated heterocycles. The predicted molar refractivity (Wildman–Crippen MR) is 101 cm³/mol. The van der Waals surface area contributed by atoms with Crippen molar-refractivity contribution in [1.29, 1.82) is 0 Å². The molecule has 0 aromatic rings. The molecule has 3 heteroatoms. The Balaban J connectivity index is 1.67. The number of oxime groups is 1. The zero-order valence-corrected chi connectivity index (χ0v) is 16.2. The Morgan fingerprint density at radius 3 is 2.48 bits per heavy atom. The van der Waals surface area contributed by atoms with Crippen LogP contribution in [-0.4, -0.2) is 21.6 Å². The maximum atomic E-state index is 11.2. The van der Waals surface area contributed by atoms with E-state index in [0.29, 0.717) is 11.8 Å². The van der Waals surface area contributed by atoms with Crippen LogP contribution in [0.1, 0.15) is 78.6 Å². The van der Waals surface area contributed by atoms with Crippen LogP contribution < -0.4 is 0 Å². The molecule has 4 rings (SSSR count). The fraction of sp³-hybridized carbons (Fsp3) is 0.864. The van der Waals surface area contributed by atoms with E-state index < -0.39 is 5.60 Å². The number of fused-ring (bicyclic) bond motifs is 3. The quantitative estimate of drug-likeness (QED) is 0.548. The molecule has 5 unspecified atom stereocenters. The molecule has 0 aromatic carbocycles. The first-order valence-electron chi connectivity index (χ1n) is 10.5. The second kappa shape index (κ2) is 6.11. The number of allylic oxidation sites excluding steroid dienone is 2. The molecule has 3 saturated carbocycles. The van der Waals surface area contributed by atoms with Crippen LogP contribution in [0.3, 0.4) is 0 Å². The second-order valence-electron chi connectivity index (χ2n) is 9.79. The lowest BCUT2D eigenvalue weighted by molar-refractivity contribution is -0.158. The highest BCUT2D eigenvalue weighted by Crippen LogP contribution is 2.65. The third-order valence-corrected chi connectivity index (χ3v) is 8.50. The molecule has 5 atom stereocenters. The van der Waals surface area contributed by atoms with Crippen molar-refractivity contribution < 1.29 is 10.3 Å². The van der Waals surface area contributed by atoms with Crippen LogP contribution in [-0.2, 0) is 0 Å². The van der Waals surface area contributed by atoms with Crippen LogP contribution >= 0.6 is 0 Å². The molecule has 0 aliphatic heterocycles. The summed E-state index contributed by atoms with van der Waals surface area (Å²) in [5, 5.41) is 23.8. The van der Waals surface area contributed by atoms with Gasteiger partial charge in [-0.1, -0.05) is 17.7 Å². The monoisotopic (exact) mass is 345 g/mol. The molecule has 3 nitrogen and oxygen atoms in total. The molecule has 0 radical (unpaired) electrons. The third-order valence-electron chi connectivity index (χ3n) is 8.50. The minimum Gasteiger partial charge on any atom is -0.411 e. The van der Waals surface area contributed by atoms with Gasteiger partial charge in [-0.25, -0.2) is 0 Å². The zero-order chi connectivity index (χ0) is 17.8. The molecule has 4 aliphatic carbocycles. The average molecular weight is 346 g/mol. The van der Waals surface area contributed by atoms with E-state index in [1.807, 2.05) is 0 Å². The van der Waals surface area contributed by atoms with Crippen molar-refractivity contribution in [2.75, 3.05) is 0 Å². The normalized spacial score (nSPS) is 43.4. The molecule has 0 bridgehead atoms. The van der Waals surface area contributed by atoms with Crippen LogP contribution in [0.4, 0.5) is 0 Å². The Hall–Kier alpha value is -0.830. The first-order chi connectivity index (χ1) is 11.9. The van der Waals surface area contributed by atoms with Gasteiger partial charge in [-0.2, -0.15) is 0 Å². The number of aliphatic hydroxyl groups is 1. The smallest absolute Gasteiger partial charge is 0.0795 e. The van der Waals surface area contributed by atoms with Crippen molar-refractivity contribution in [1.82, 2.24) is 0 Å². The van der Waals surface area contributed by atoms with Gasteiger partial charge in [0.1, 0.15) is 0 Å². The molecule has 4 aliphatic rings. The van der Waals surface area contributed by atoms with Crippen LogP contribution in [0.5, 0.6) is 0 Å². The molecular weight excluding hydrogens is 310 g/mol. The van der Waals surface area contributed by atoms with Gasteiger partial charge in [0.25, 0.3) is 0 Å². The molecule has 3 fully saturated rings. The SMILES string of the molecule is CCC1(C(C)(C)O)CCC2C3CC/C(=N\O)C=C3CCC2C1C1CC1. The van der Waals surface area contributed by atoms with Gasteiger partial charge in [-0.3, -0.25) is 0 Å². The highest BCUT2D eigenvalue weighted by atomic mass is 16.4. The zero-order valence-electron chi connectivity index (χ0n) is 16.2. The van der Waals surface area contributed by atoms with E-state index in [9.17, 15) is 5.11 Å². The molecule has 25 heavy (non-hydrogen) atoms. The van der Waals surface area contributed by atoms with Gasteiger partial charge < -0.3 is 10.3 Å². The van der Waals surface area contributed by atoms with Gasteiger partial charge in [0.2, 0.25) is 0 Å². The van der Waals surface area contributed by atoms with Crippen molar-refractivity contribution in [2.45, 2.75) is 84.2 Å².